The fourth-order valence-corrected chi connectivity index (χ4v) is 3.56. The van der Waals surface area contributed by atoms with Gasteiger partial charge in [-0.3, -0.25) is 9.52 Å². The van der Waals surface area contributed by atoms with Crippen LogP contribution in [0.1, 0.15) is 23.0 Å². The van der Waals surface area contributed by atoms with Crippen LogP contribution < -0.4 is 10.0 Å². The second-order valence-corrected chi connectivity index (χ2v) is 8.30. The van der Waals surface area contributed by atoms with E-state index in [1.165, 1.54) is 37.3 Å². The van der Waals surface area contributed by atoms with Crippen LogP contribution in [0, 0.1) is 18.6 Å². The SMILES string of the molecule is Cc1cc(NC(=O)[C@H](C)OC(=O)c2cccc(NS(=O)(=O)c3ccc(F)c(F)c3)c2)no1. The van der Waals surface area contributed by atoms with E-state index in [0.29, 0.717) is 17.9 Å². The van der Waals surface area contributed by atoms with E-state index in [4.69, 9.17) is 9.26 Å². The van der Waals surface area contributed by atoms with E-state index in [1.54, 1.807) is 6.92 Å². The van der Waals surface area contributed by atoms with Gasteiger partial charge in [-0.25, -0.2) is 22.0 Å². The first-order valence-corrected chi connectivity index (χ1v) is 10.6. The summed E-state index contributed by atoms with van der Waals surface area (Å²) in [6, 6.07) is 8.84. The standard InChI is InChI=1S/C20H17F2N3O6S/c1-11-8-18(24-31-11)23-19(26)12(2)30-20(27)13-4-3-5-14(9-13)25-32(28,29)15-6-7-16(21)17(22)10-15/h3-10,12,25H,1-2H3,(H,23,24,26)/t12-/m0/s1. The number of aryl methyl sites for hydroxylation is 1. The second kappa shape index (κ2) is 9.14. The molecule has 2 aromatic carbocycles. The lowest BCUT2D eigenvalue weighted by molar-refractivity contribution is -0.123. The zero-order valence-corrected chi connectivity index (χ0v) is 17.6. The highest BCUT2D eigenvalue weighted by Crippen LogP contribution is 2.20. The molecular formula is C20H17F2N3O6S. The van der Waals surface area contributed by atoms with Gasteiger partial charge >= 0.3 is 5.97 Å². The third-order valence-corrected chi connectivity index (χ3v) is 5.46. The number of anilines is 2. The van der Waals surface area contributed by atoms with Crippen molar-refractivity contribution in [2.24, 2.45) is 0 Å². The highest BCUT2D eigenvalue weighted by atomic mass is 32.2. The maximum absolute atomic E-state index is 13.4. The number of esters is 1. The summed E-state index contributed by atoms with van der Waals surface area (Å²) >= 11 is 0. The Balaban J connectivity index is 1.68. The molecule has 168 valence electrons. The third kappa shape index (κ3) is 5.46. The Morgan fingerprint density at radius 2 is 1.84 bits per heavy atom. The van der Waals surface area contributed by atoms with Gasteiger partial charge in [0.2, 0.25) is 0 Å². The summed E-state index contributed by atoms with van der Waals surface area (Å²) in [5.41, 5.74) is -0.0771. The lowest BCUT2D eigenvalue weighted by Gasteiger charge is -2.13. The highest BCUT2D eigenvalue weighted by Gasteiger charge is 2.21. The van der Waals surface area contributed by atoms with Crippen molar-refractivity contribution in [1.82, 2.24) is 5.16 Å². The number of halogens is 2. The Labute approximate surface area is 181 Å². The quantitative estimate of drug-likeness (QED) is 0.513. The zero-order chi connectivity index (χ0) is 23.5. The van der Waals surface area contributed by atoms with Crippen molar-refractivity contribution in [2.75, 3.05) is 10.0 Å². The van der Waals surface area contributed by atoms with E-state index in [-0.39, 0.29) is 17.1 Å². The van der Waals surface area contributed by atoms with E-state index < -0.39 is 44.5 Å². The number of rotatable bonds is 7. The smallest absolute Gasteiger partial charge is 0.338 e. The number of benzene rings is 2. The first-order chi connectivity index (χ1) is 15.0. The normalized spacial score (nSPS) is 12.1. The van der Waals surface area contributed by atoms with Gasteiger partial charge in [-0.15, -0.1) is 0 Å². The number of amides is 1. The molecule has 3 aromatic rings. The molecule has 32 heavy (non-hydrogen) atoms. The van der Waals surface area contributed by atoms with Crippen LogP contribution in [0.15, 0.2) is 57.9 Å². The molecule has 3 rings (SSSR count). The number of carbonyl (C=O) groups excluding carboxylic acids is 2. The van der Waals surface area contributed by atoms with Crippen molar-refractivity contribution in [3.8, 4) is 0 Å². The highest BCUT2D eigenvalue weighted by molar-refractivity contribution is 7.92. The van der Waals surface area contributed by atoms with E-state index in [0.717, 1.165) is 6.07 Å². The van der Waals surface area contributed by atoms with Gasteiger partial charge in [-0.2, -0.15) is 0 Å². The Morgan fingerprint density at radius 1 is 1.09 bits per heavy atom. The molecule has 12 heteroatoms. The molecule has 0 saturated heterocycles. The minimum atomic E-state index is -4.25. The van der Waals surface area contributed by atoms with Crippen molar-refractivity contribution in [1.29, 1.82) is 0 Å². The molecule has 0 radical (unpaired) electrons. The molecule has 0 fully saturated rings. The van der Waals surface area contributed by atoms with Gasteiger partial charge in [0, 0.05) is 11.8 Å². The predicted molar refractivity (Wildman–Crippen MR) is 108 cm³/mol. The van der Waals surface area contributed by atoms with Crippen LogP contribution in [0.3, 0.4) is 0 Å². The number of sulfonamides is 1. The maximum Gasteiger partial charge on any atom is 0.338 e. The Kier molecular flexibility index (Phi) is 6.53. The van der Waals surface area contributed by atoms with Gasteiger partial charge in [0.05, 0.1) is 10.5 Å². The average Bonchev–Trinajstić information content (AvgIpc) is 3.14. The fraction of sp³-hybridized carbons (Fsp3) is 0.150. The molecule has 0 spiro atoms. The molecule has 0 aliphatic heterocycles. The molecule has 1 aromatic heterocycles. The molecule has 1 heterocycles. The first-order valence-electron chi connectivity index (χ1n) is 9.08. The summed E-state index contributed by atoms with van der Waals surface area (Å²) in [4.78, 5) is 24.0. The topological polar surface area (TPSA) is 128 Å². The van der Waals surface area contributed by atoms with Gasteiger partial charge in [-0.1, -0.05) is 11.2 Å². The first kappa shape index (κ1) is 22.9. The van der Waals surface area contributed by atoms with Gasteiger partial charge < -0.3 is 14.6 Å². The molecule has 0 aliphatic rings. The Hall–Kier alpha value is -3.80. The number of hydrogen-bond acceptors (Lipinski definition) is 7. The van der Waals surface area contributed by atoms with Crippen LogP contribution in [0.25, 0.3) is 0 Å². The van der Waals surface area contributed by atoms with E-state index in [2.05, 4.69) is 15.2 Å². The largest absolute Gasteiger partial charge is 0.449 e. The number of ether oxygens (including phenoxy) is 1. The van der Waals surface area contributed by atoms with Gasteiger partial charge in [0.1, 0.15) is 5.76 Å². The van der Waals surface area contributed by atoms with Crippen molar-refractivity contribution < 1.29 is 36.0 Å². The summed E-state index contributed by atoms with van der Waals surface area (Å²) in [7, 11) is -4.25. The third-order valence-electron chi connectivity index (χ3n) is 4.08. The lowest BCUT2D eigenvalue weighted by Crippen LogP contribution is -2.30. The van der Waals surface area contributed by atoms with Crippen molar-refractivity contribution in [2.45, 2.75) is 24.8 Å². The second-order valence-electron chi connectivity index (χ2n) is 6.62. The summed E-state index contributed by atoms with van der Waals surface area (Å²) in [6.07, 6.45) is -1.19. The zero-order valence-electron chi connectivity index (χ0n) is 16.8. The number of hydrogen-bond donors (Lipinski definition) is 2. The molecular weight excluding hydrogens is 448 g/mol. The van der Waals surface area contributed by atoms with Crippen molar-refractivity contribution >= 4 is 33.4 Å². The molecule has 1 amide bonds. The molecule has 0 saturated carbocycles. The molecule has 1 atom stereocenters. The Bertz CT molecular complexity index is 1280. The van der Waals surface area contributed by atoms with Crippen LogP contribution in [-0.2, 0) is 19.6 Å². The van der Waals surface area contributed by atoms with Crippen LogP contribution in [0.4, 0.5) is 20.3 Å². The summed E-state index contributed by atoms with van der Waals surface area (Å²) in [6.45, 7) is 2.98. The predicted octanol–water partition coefficient (Wildman–Crippen LogP) is 3.25. The van der Waals surface area contributed by atoms with E-state index >= 15 is 0 Å². The van der Waals surface area contributed by atoms with Gasteiger partial charge in [-0.05, 0) is 50.2 Å². The number of nitrogens with one attached hydrogen (secondary N) is 2. The molecule has 0 aliphatic carbocycles. The van der Waals surface area contributed by atoms with Crippen molar-refractivity contribution in [3.05, 3.63) is 71.5 Å². The molecule has 0 bridgehead atoms. The number of carbonyl (C=O) groups is 2. The fourth-order valence-electron chi connectivity index (χ4n) is 2.50. The average molecular weight is 465 g/mol. The number of nitrogens with zero attached hydrogens (tertiary/aromatic N) is 1. The molecule has 0 unspecified atom stereocenters. The number of aromatic nitrogens is 1. The van der Waals surface area contributed by atoms with E-state index in [1.807, 2.05) is 0 Å². The minimum absolute atomic E-state index is 0.0284. The molecule has 2 N–H and O–H groups in total. The van der Waals surface area contributed by atoms with Gasteiger partial charge in [0.25, 0.3) is 15.9 Å². The van der Waals surface area contributed by atoms with Crippen LogP contribution in [0.2, 0.25) is 0 Å². The molecule has 9 nitrogen and oxygen atoms in total. The monoisotopic (exact) mass is 465 g/mol. The summed E-state index contributed by atoms with van der Waals surface area (Å²) in [5.74, 6) is -3.42. The van der Waals surface area contributed by atoms with E-state index in [9.17, 15) is 26.8 Å². The van der Waals surface area contributed by atoms with Crippen LogP contribution in [0.5, 0.6) is 0 Å². The van der Waals surface area contributed by atoms with Crippen LogP contribution in [-0.4, -0.2) is 31.6 Å². The van der Waals surface area contributed by atoms with Crippen LogP contribution >= 0.6 is 0 Å². The Morgan fingerprint density at radius 3 is 2.50 bits per heavy atom. The minimum Gasteiger partial charge on any atom is -0.449 e. The van der Waals surface area contributed by atoms with Crippen molar-refractivity contribution in [3.63, 3.8) is 0 Å². The maximum atomic E-state index is 13.4. The van der Waals surface area contributed by atoms with Gasteiger partial charge in [0.15, 0.2) is 23.6 Å². The lowest BCUT2D eigenvalue weighted by atomic mass is 10.2. The summed E-state index contributed by atoms with van der Waals surface area (Å²) in [5, 5.41) is 6.02. The summed E-state index contributed by atoms with van der Waals surface area (Å²) < 4.78 is 63.3.